The van der Waals surface area contributed by atoms with Crippen LogP contribution in [0, 0.1) is 0 Å². The number of hydrogen-bond donors (Lipinski definition) is 1. The minimum absolute atomic E-state index is 0.172. The maximum absolute atomic E-state index is 11.9. The van der Waals surface area contributed by atoms with Gasteiger partial charge >= 0.3 is 0 Å². The predicted octanol–water partition coefficient (Wildman–Crippen LogP) is 1.47. The van der Waals surface area contributed by atoms with Crippen molar-refractivity contribution in [2.75, 3.05) is 19.0 Å². The van der Waals surface area contributed by atoms with E-state index in [0.717, 1.165) is 5.56 Å². The molecule has 2 rings (SSSR count). The lowest BCUT2D eigenvalue weighted by molar-refractivity contribution is 0.0950. The van der Waals surface area contributed by atoms with Gasteiger partial charge in [0.1, 0.15) is 0 Å². The van der Waals surface area contributed by atoms with Crippen LogP contribution in [0.3, 0.4) is 0 Å². The Bertz CT molecular complexity index is 537. The summed E-state index contributed by atoms with van der Waals surface area (Å²) in [6.45, 7) is 0.495. The molecule has 0 bridgehead atoms. The first-order valence-corrected chi connectivity index (χ1v) is 5.98. The Morgan fingerprint density at radius 3 is 2.37 bits per heavy atom. The lowest BCUT2D eigenvalue weighted by atomic mass is 10.2. The van der Waals surface area contributed by atoms with E-state index in [9.17, 15) is 4.79 Å². The summed E-state index contributed by atoms with van der Waals surface area (Å²) in [5.74, 6) is 0.411. The number of nitrogens with one attached hydrogen (secondary N) is 1. The fraction of sp³-hybridized carbons (Fsp3) is 0.214. The van der Waals surface area contributed by atoms with Crippen LogP contribution in [0.5, 0.6) is 0 Å². The van der Waals surface area contributed by atoms with E-state index in [0.29, 0.717) is 18.1 Å². The van der Waals surface area contributed by atoms with Crippen molar-refractivity contribution in [3.05, 3.63) is 53.9 Å². The molecule has 19 heavy (non-hydrogen) atoms. The second-order valence-electron chi connectivity index (χ2n) is 4.33. The second-order valence-corrected chi connectivity index (χ2v) is 4.33. The first-order valence-electron chi connectivity index (χ1n) is 5.98. The average molecular weight is 256 g/mol. The Morgan fingerprint density at radius 2 is 1.79 bits per heavy atom. The number of carbonyl (C=O) groups is 1. The van der Waals surface area contributed by atoms with Crippen LogP contribution >= 0.6 is 0 Å². The summed E-state index contributed by atoms with van der Waals surface area (Å²) >= 11 is 0. The Morgan fingerprint density at radius 1 is 1.16 bits per heavy atom. The fourth-order valence-corrected chi connectivity index (χ4v) is 1.55. The predicted molar refractivity (Wildman–Crippen MR) is 74.0 cm³/mol. The van der Waals surface area contributed by atoms with Crippen LogP contribution in [0.15, 0.2) is 42.7 Å². The molecule has 1 amide bonds. The Balaban J connectivity index is 1.96. The molecule has 0 aliphatic heterocycles. The van der Waals surface area contributed by atoms with Crippen molar-refractivity contribution in [2.45, 2.75) is 6.54 Å². The molecular weight excluding hydrogens is 240 g/mol. The van der Waals surface area contributed by atoms with Crippen molar-refractivity contribution in [3.63, 3.8) is 0 Å². The Hall–Kier alpha value is -2.43. The van der Waals surface area contributed by atoms with Gasteiger partial charge in [0.15, 0.2) is 0 Å². The molecule has 0 atom stereocenters. The van der Waals surface area contributed by atoms with E-state index in [2.05, 4.69) is 15.3 Å². The molecule has 1 N–H and O–H groups in total. The van der Waals surface area contributed by atoms with Gasteiger partial charge in [-0.2, -0.15) is 0 Å². The summed E-state index contributed by atoms with van der Waals surface area (Å²) in [4.78, 5) is 21.9. The first-order chi connectivity index (χ1) is 9.16. The number of benzene rings is 1. The van der Waals surface area contributed by atoms with Gasteiger partial charge in [-0.25, -0.2) is 9.97 Å². The topological polar surface area (TPSA) is 58.1 Å². The molecule has 0 aliphatic rings. The molecular formula is C14H16N4O. The van der Waals surface area contributed by atoms with E-state index in [1.54, 1.807) is 4.90 Å². The average Bonchev–Trinajstić information content (AvgIpc) is 2.46. The molecule has 0 saturated heterocycles. The molecule has 0 unspecified atom stereocenters. The van der Waals surface area contributed by atoms with E-state index in [1.807, 2.05) is 44.4 Å². The quantitative estimate of drug-likeness (QED) is 0.900. The zero-order chi connectivity index (χ0) is 13.7. The van der Waals surface area contributed by atoms with E-state index in [1.165, 1.54) is 12.4 Å². The summed E-state index contributed by atoms with van der Waals surface area (Å²) in [7, 11) is 3.70. The van der Waals surface area contributed by atoms with Crippen molar-refractivity contribution in [1.82, 2.24) is 15.3 Å². The van der Waals surface area contributed by atoms with Crippen molar-refractivity contribution >= 4 is 11.9 Å². The van der Waals surface area contributed by atoms with Gasteiger partial charge in [-0.05, 0) is 5.56 Å². The van der Waals surface area contributed by atoms with Gasteiger partial charge in [-0.1, -0.05) is 30.3 Å². The van der Waals surface area contributed by atoms with Gasteiger partial charge in [0.25, 0.3) is 5.91 Å². The maximum Gasteiger partial charge on any atom is 0.254 e. The van der Waals surface area contributed by atoms with Crippen LogP contribution in [0.25, 0.3) is 0 Å². The molecule has 5 heteroatoms. The largest absolute Gasteiger partial charge is 0.348 e. The summed E-state index contributed by atoms with van der Waals surface area (Å²) in [6, 6.07) is 9.75. The van der Waals surface area contributed by atoms with E-state index >= 15 is 0 Å². The zero-order valence-electron chi connectivity index (χ0n) is 11.0. The van der Waals surface area contributed by atoms with E-state index < -0.39 is 0 Å². The van der Waals surface area contributed by atoms with Gasteiger partial charge in [-0.15, -0.1) is 0 Å². The first kappa shape index (κ1) is 13.0. The van der Waals surface area contributed by atoms with Crippen LogP contribution < -0.4 is 10.2 Å². The van der Waals surface area contributed by atoms with Crippen LogP contribution in [0.4, 0.5) is 5.95 Å². The highest BCUT2D eigenvalue weighted by atomic mass is 16.1. The molecule has 1 heterocycles. The SMILES string of the molecule is CN(C)c1ncc(C(=O)NCc2ccccc2)cn1. The molecule has 2 aromatic rings. The Kier molecular flexibility index (Phi) is 4.07. The van der Waals surface area contributed by atoms with Gasteiger partial charge in [-0.3, -0.25) is 4.79 Å². The molecule has 1 aromatic heterocycles. The smallest absolute Gasteiger partial charge is 0.254 e. The number of nitrogens with zero attached hydrogens (tertiary/aromatic N) is 3. The third-order valence-electron chi connectivity index (χ3n) is 2.60. The number of rotatable bonds is 4. The highest BCUT2D eigenvalue weighted by molar-refractivity contribution is 5.93. The summed E-state index contributed by atoms with van der Waals surface area (Å²) in [5, 5.41) is 2.83. The minimum atomic E-state index is -0.172. The lowest BCUT2D eigenvalue weighted by Gasteiger charge is -2.10. The van der Waals surface area contributed by atoms with Crippen molar-refractivity contribution in [2.24, 2.45) is 0 Å². The number of hydrogen-bond acceptors (Lipinski definition) is 4. The van der Waals surface area contributed by atoms with Crippen molar-refractivity contribution < 1.29 is 4.79 Å². The zero-order valence-corrected chi connectivity index (χ0v) is 11.0. The number of carbonyl (C=O) groups excluding carboxylic acids is 1. The molecule has 0 aliphatic carbocycles. The number of anilines is 1. The highest BCUT2D eigenvalue weighted by Crippen LogP contribution is 2.04. The fourth-order valence-electron chi connectivity index (χ4n) is 1.55. The minimum Gasteiger partial charge on any atom is -0.348 e. The summed E-state index contributed by atoms with van der Waals surface area (Å²) in [5.41, 5.74) is 1.52. The summed E-state index contributed by atoms with van der Waals surface area (Å²) < 4.78 is 0. The number of aromatic nitrogens is 2. The second kappa shape index (κ2) is 5.95. The van der Waals surface area contributed by atoms with Gasteiger partial charge < -0.3 is 10.2 Å². The van der Waals surface area contributed by atoms with E-state index in [4.69, 9.17) is 0 Å². The van der Waals surface area contributed by atoms with Crippen molar-refractivity contribution in [1.29, 1.82) is 0 Å². The van der Waals surface area contributed by atoms with Gasteiger partial charge in [0, 0.05) is 33.0 Å². The van der Waals surface area contributed by atoms with Crippen LogP contribution in [-0.2, 0) is 6.54 Å². The lowest BCUT2D eigenvalue weighted by Crippen LogP contribution is -2.23. The molecule has 0 radical (unpaired) electrons. The van der Waals surface area contributed by atoms with Crippen LogP contribution in [-0.4, -0.2) is 30.0 Å². The molecule has 0 fully saturated rings. The van der Waals surface area contributed by atoms with Gasteiger partial charge in [0.05, 0.1) is 5.56 Å². The number of amides is 1. The Labute approximate surface area is 112 Å². The van der Waals surface area contributed by atoms with Gasteiger partial charge in [0.2, 0.25) is 5.95 Å². The molecule has 5 nitrogen and oxygen atoms in total. The third kappa shape index (κ3) is 3.51. The monoisotopic (exact) mass is 256 g/mol. The third-order valence-corrected chi connectivity index (χ3v) is 2.60. The highest BCUT2D eigenvalue weighted by Gasteiger charge is 2.07. The molecule has 98 valence electrons. The molecule has 0 saturated carbocycles. The van der Waals surface area contributed by atoms with Crippen molar-refractivity contribution in [3.8, 4) is 0 Å². The van der Waals surface area contributed by atoms with Crippen LogP contribution in [0.1, 0.15) is 15.9 Å². The molecule has 1 aromatic carbocycles. The standard InChI is InChI=1S/C14H16N4O/c1-18(2)14-16-9-12(10-17-14)13(19)15-8-11-6-4-3-5-7-11/h3-7,9-10H,8H2,1-2H3,(H,15,19). The van der Waals surface area contributed by atoms with E-state index in [-0.39, 0.29) is 5.91 Å². The normalized spacial score (nSPS) is 10.0. The molecule has 0 spiro atoms. The summed E-state index contributed by atoms with van der Waals surface area (Å²) in [6.07, 6.45) is 3.06. The maximum atomic E-state index is 11.9. The van der Waals surface area contributed by atoms with Crippen LogP contribution in [0.2, 0.25) is 0 Å².